The Bertz CT molecular complexity index is 190. The molecule has 3 nitrogen and oxygen atoms in total. The minimum Gasteiger partial charge on any atom is -0.269 e. The van der Waals surface area contributed by atoms with E-state index in [0.29, 0.717) is 12.3 Å². The Morgan fingerprint density at radius 2 is 2.50 bits per heavy atom. The molecule has 0 saturated carbocycles. The Kier molecular flexibility index (Phi) is 2.11. The number of rotatable bonds is 1. The third kappa shape index (κ3) is 1.21. The number of amides is 2. The van der Waals surface area contributed by atoms with Crippen molar-refractivity contribution in [2.24, 2.45) is 0 Å². The maximum Gasteiger partial charge on any atom is 0.288 e. The van der Waals surface area contributed by atoms with Crippen molar-refractivity contribution in [1.82, 2.24) is 4.90 Å². The van der Waals surface area contributed by atoms with Crippen molar-refractivity contribution in [3.63, 3.8) is 0 Å². The highest BCUT2D eigenvalue weighted by Gasteiger charge is 2.24. The lowest BCUT2D eigenvalue weighted by molar-refractivity contribution is -0.122. The lowest BCUT2D eigenvalue weighted by Crippen LogP contribution is -2.28. The van der Waals surface area contributed by atoms with Crippen LogP contribution in [0.5, 0.6) is 0 Å². The van der Waals surface area contributed by atoms with Crippen molar-refractivity contribution in [2.45, 2.75) is 0 Å². The molecule has 0 aromatic heterocycles. The summed E-state index contributed by atoms with van der Waals surface area (Å²) in [7, 11) is 0. The van der Waals surface area contributed by atoms with Gasteiger partial charge in [-0.05, 0) is 6.08 Å². The summed E-state index contributed by atoms with van der Waals surface area (Å²) in [6, 6.07) is 0. The second-order valence-electron chi connectivity index (χ2n) is 1.81. The molecule has 0 aromatic rings. The molecule has 0 atom stereocenters. The fraction of sp³-hybridized carbons (Fsp3) is 0.333. The molecule has 1 heterocycles. The van der Waals surface area contributed by atoms with Crippen LogP contribution in [0.2, 0.25) is 0 Å². The number of carbonyl (C=O) groups is 2. The molecule has 0 aromatic carbocycles. The highest BCUT2D eigenvalue weighted by atomic mass is 32.2. The topological polar surface area (TPSA) is 37.4 Å². The second kappa shape index (κ2) is 2.88. The molecule has 1 aliphatic rings. The first-order valence-corrected chi connectivity index (χ1v) is 3.85. The molecule has 10 heavy (non-hydrogen) atoms. The van der Waals surface area contributed by atoms with E-state index in [-0.39, 0.29) is 11.1 Å². The van der Waals surface area contributed by atoms with Gasteiger partial charge < -0.3 is 0 Å². The molecule has 0 radical (unpaired) electrons. The third-order valence-corrected chi connectivity index (χ3v) is 2.06. The molecule has 1 aliphatic heterocycles. The molecule has 4 heteroatoms. The van der Waals surface area contributed by atoms with Crippen LogP contribution in [0.15, 0.2) is 12.7 Å². The summed E-state index contributed by atoms with van der Waals surface area (Å²) in [4.78, 5) is 22.8. The highest BCUT2D eigenvalue weighted by Crippen LogP contribution is 2.16. The quantitative estimate of drug-likeness (QED) is 0.530. The lowest BCUT2D eigenvalue weighted by atomic mass is 10.5. The summed E-state index contributed by atoms with van der Waals surface area (Å²) in [5.41, 5.74) is 0. The van der Waals surface area contributed by atoms with Gasteiger partial charge in [-0.2, -0.15) is 0 Å². The van der Waals surface area contributed by atoms with Crippen molar-refractivity contribution in [1.29, 1.82) is 0 Å². The second-order valence-corrected chi connectivity index (χ2v) is 2.85. The SMILES string of the molecule is C=CC(=O)N1CCSC1=O. The van der Waals surface area contributed by atoms with E-state index in [1.54, 1.807) is 0 Å². The van der Waals surface area contributed by atoms with E-state index in [1.807, 2.05) is 0 Å². The van der Waals surface area contributed by atoms with Crippen LogP contribution >= 0.6 is 11.8 Å². The number of hydrogen-bond acceptors (Lipinski definition) is 3. The number of hydrogen-bond donors (Lipinski definition) is 0. The van der Waals surface area contributed by atoms with Crippen molar-refractivity contribution in [3.8, 4) is 0 Å². The van der Waals surface area contributed by atoms with E-state index in [9.17, 15) is 9.59 Å². The van der Waals surface area contributed by atoms with E-state index in [4.69, 9.17) is 0 Å². The lowest BCUT2D eigenvalue weighted by Gasteiger charge is -2.07. The van der Waals surface area contributed by atoms with E-state index in [2.05, 4.69) is 6.58 Å². The number of carbonyl (C=O) groups excluding carboxylic acids is 2. The summed E-state index contributed by atoms with van der Waals surface area (Å²) in [5, 5.41) is -0.162. The fourth-order valence-electron chi connectivity index (χ4n) is 0.704. The third-order valence-electron chi connectivity index (χ3n) is 1.20. The van der Waals surface area contributed by atoms with Crippen LogP contribution in [0.3, 0.4) is 0 Å². The van der Waals surface area contributed by atoms with Gasteiger partial charge in [-0.25, -0.2) is 0 Å². The van der Waals surface area contributed by atoms with Crippen LogP contribution in [0, 0.1) is 0 Å². The van der Waals surface area contributed by atoms with E-state index < -0.39 is 0 Å². The smallest absolute Gasteiger partial charge is 0.269 e. The molecule has 1 rings (SSSR count). The Labute approximate surface area is 63.1 Å². The summed E-state index contributed by atoms with van der Waals surface area (Å²) in [5.74, 6) is 0.410. The monoisotopic (exact) mass is 157 g/mol. The summed E-state index contributed by atoms with van der Waals surface area (Å²) in [6.45, 7) is 3.81. The summed E-state index contributed by atoms with van der Waals surface area (Å²) >= 11 is 1.17. The zero-order valence-corrected chi connectivity index (χ0v) is 6.19. The van der Waals surface area contributed by atoms with Crippen LogP contribution in [0.25, 0.3) is 0 Å². The first-order chi connectivity index (χ1) is 4.75. The van der Waals surface area contributed by atoms with Crippen LogP contribution in [0.1, 0.15) is 0 Å². The Hall–Kier alpha value is -0.770. The zero-order valence-electron chi connectivity index (χ0n) is 5.37. The molecule has 0 unspecified atom stereocenters. The van der Waals surface area contributed by atoms with Crippen molar-refractivity contribution < 1.29 is 9.59 Å². The van der Waals surface area contributed by atoms with Crippen molar-refractivity contribution >= 4 is 22.9 Å². The van der Waals surface area contributed by atoms with Crippen molar-refractivity contribution in [2.75, 3.05) is 12.3 Å². The van der Waals surface area contributed by atoms with Crippen LogP contribution in [-0.2, 0) is 4.79 Å². The number of nitrogens with zero attached hydrogens (tertiary/aromatic N) is 1. The van der Waals surface area contributed by atoms with Gasteiger partial charge >= 0.3 is 0 Å². The van der Waals surface area contributed by atoms with Gasteiger partial charge in [-0.3, -0.25) is 14.5 Å². The van der Waals surface area contributed by atoms with Gasteiger partial charge in [0.25, 0.3) is 11.1 Å². The molecular formula is C6H7NO2S. The van der Waals surface area contributed by atoms with Gasteiger partial charge in [0.15, 0.2) is 0 Å². The Morgan fingerprint density at radius 1 is 1.80 bits per heavy atom. The molecule has 0 bridgehead atoms. The minimum atomic E-state index is -0.296. The first kappa shape index (κ1) is 7.34. The molecule has 0 N–H and O–H groups in total. The van der Waals surface area contributed by atoms with Gasteiger partial charge in [0.1, 0.15) is 0 Å². The predicted octanol–water partition coefficient (Wildman–Crippen LogP) is 0.868. The fourth-order valence-corrected chi connectivity index (χ4v) is 1.49. The molecule has 2 amide bonds. The first-order valence-electron chi connectivity index (χ1n) is 2.86. The maximum absolute atomic E-state index is 10.8. The van der Waals surface area contributed by atoms with Gasteiger partial charge in [-0.1, -0.05) is 18.3 Å². The number of thioether (sulfide) groups is 1. The normalized spacial score (nSPS) is 17.6. The standard InChI is InChI=1S/C6H7NO2S/c1-2-5(8)7-3-4-10-6(7)9/h2H,1,3-4H2. The highest BCUT2D eigenvalue weighted by molar-refractivity contribution is 8.13. The van der Waals surface area contributed by atoms with E-state index in [1.165, 1.54) is 16.7 Å². The van der Waals surface area contributed by atoms with Gasteiger partial charge in [0.05, 0.1) is 0 Å². The molecule has 1 saturated heterocycles. The molecule has 1 fully saturated rings. The van der Waals surface area contributed by atoms with Crippen molar-refractivity contribution in [3.05, 3.63) is 12.7 Å². The molecular weight excluding hydrogens is 150 g/mol. The molecule has 54 valence electrons. The summed E-state index contributed by atoms with van der Waals surface area (Å²) < 4.78 is 0. The van der Waals surface area contributed by atoms with Gasteiger partial charge in [-0.15, -0.1) is 0 Å². The summed E-state index contributed by atoms with van der Waals surface area (Å²) in [6.07, 6.45) is 1.16. The van der Waals surface area contributed by atoms with E-state index >= 15 is 0 Å². The largest absolute Gasteiger partial charge is 0.288 e. The zero-order chi connectivity index (χ0) is 7.56. The average molecular weight is 157 g/mol. The maximum atomic E-state index is 10.8. The predicted molar refractivity (Wildman–Crippen MR) is 39.8 cm³/mol. The minimum absolute atomic E-state index is 0.162. The molecule has 0 aliphatic carbocycles. The van der Waals surface area contributed by atoms with Crippen LogP contribution in [0.4, 0.5) is 4.79 Å². The van der Waals surface area contributed by atoms with E-state index in [0.717, 1.165) is 6.08 Å². The van der Waals surface area contributed by atoms with Gasteiger partial charge in [0, 0.05) is 12.3 Å². The van der Waals surface area contributed by atoms with Gasteiger partial charge in [0.2, 0.25) is 0 Å². The molecule has 0 spiro atoms. The van der Waals surface area contributed by atoms with Crippen LogP contribution in [-0.4, -0.2) is 28.3 Å². The van der Waals surface area contributed by atoms with Crippen LogP contribution < -0.4 is 0 Å². The number of imide groups is 1. The average Bonchev–Trinajstić information content (AvgIpc) is 2.34. The Balaban J connectivity index is 2.63. The Morgan fingerprint density at radius 3 is 2.90 bits per heavy atom.